The molecule has 4 fully saturated rings. The van der Waals surface area contributed by atoms with Gasteiger partial charge in [0.25, 0.3) is 0 Å². The monoisotopic (exact) mass is 728 g/mol. The quantitative estimate of drug-likeness (QED) is 0.0579. The molecule has 1 aromatic heterocycles. The van der Waals surface area contributed by atoms with Gasteiger partial charge in [0.05, 0.1) is 64.5 Å². The van der Waals surface area contributed by atoms with Gasteiger partial charge in [-0.2, -0.15) is 0 Å². The Balaban J connectivity index is 1.02. The van der Waals surface area contributed by atoms with E-state index in [0.717, 1.165) is 0 Å². The first-order valence-corrected chi connectivity index (χ1v) is 19.2. The summed E-state index contributed by atoms with van der Waals surface area (Å²) < 4.78 is 60.6. The highest BCUT2D eigenvalue weighted by Crippen LogP contribution is 2.59. The molecule has 12 atom stereocenters. The Labute approximate surface area is 280 Å². The van der Waals surface area contributed by atoms with Crippen molar-refractivity contribution in [2.24, 2.45) is 0 Å². The molecular formula is C25H42BN4O14PS2. The lowest BCUT2D eigenvalue weighted by Crippen LogP contribution is -2.64. The number of nitrogens with zero attached hydrogens (tertiary/aromatic N) is 3. The number of carbonyl (C=O) groups is 1. The molecule has 0 saturated carbocycles. The molecule has 5 N–H and O–H groups in total. The largest absolute Gasteiger partial charge is 0.475 e. The molecule has 4 aliphatic heterocycles. The van der Waals surface area contributed by atoms with Crippen molar-refractivity contribution in [2.75, 3.05) is 44.5 Å². The average molecular weight is 729 g/mol. The summed E-state index contributed by atoms with van der Waals surface area (Å²) in [6, 6.07) is -1.54. The van der Waals surface area contributed by atoms with E-state index in [4.69, 9.17) is 37.3 Å². The molecule has 4 aliphatic rings. The summed E-state index contributed by atoms with van der Waals surface area (Å²) in [5, 5.41) is 51.4. The minimum atomic E-state index is -3.99. The summed E-state index contributed by atoms with van der Waals surface area (Å²) in [5.41, 5.74) is -0.769. The maximum absolute atomic E-state index is 13.4. The van der Waals surface area contributed by atoms with Crippen LogP contribution in [-0.2, 0) is 59.8 Å². The SMILES string of the molecule is B[C@@H]1O[C@@H]2CO[P@](=O)(O[C@@H]3CSSC[C@H]3OCc3cn(CCOCCO[C@H]4O[C@H](CO)[C@H](O)C(O)[C@H]4NC(C)=O)nn3)O[C@H]2[C@@]1(C)O. The first kappa shape index (κ1) is 37.4. The van der Waals surface area contributed by atoms with Gasteiger partial charge in [0.2, 0.25) is 5.91 Å². The number of amides is 1. The number of rotatable bonds is 14. The summed E-state index contributed by atoms with van der Waals surface area (Å²) in [6.07, 6.45) is -5.63. The van der Waals surface area contributed by atoms with Crippen molar-refractivity contribution >= 4 is 43.2 Å². The molecule has 266 valence electrons. The van der Waals surface area contributed by atoms with Crippen molar-refractivity contribution in [2.45, 2.75) is 93.7 Å². The average Bonchev–Trinajstić information content (AvgIpc) is 3.58. The lowest BCUT2D eigenvalue weighted by molar-refractivity contribution is -0.272. The zero-order valence-corrected chi connectivity index (χ0v) is 28.7. The molecule has 22 heteroatoms. The third-order valence-corrected chi connectivity index (χ3v) is 12.1. The van der Waals surface area contributed by atoms with E-state index in [1.165, 1.54) is 6.92 Å². The molecule has 0 spiro atoms. The van der Waals surface area contributed by atoms with Crippen LogP contribution in [0.5, 0.6) is 0 Å². The third-order valence-electron chi connectivity index (χ3n) is 8.24. The molecule has 1 unspecified atom stereocenters. The van der Waals surface area contributed by atoms with Crippen LogP contribution in [0.2, 0.25) is 0 Å². The van der Waals surface area contributed by atoms with Gasteiger partial charge in [-0.25, -0.2) is 9.25 Å². The summed E-state index contributed by atoms with van der Waals surface area (Å²) in [5.74, 6) is 0.618. The normalized spacial score (nSPS) is 40.6. The van der Waals surface area contributed by atoms with Gasteiger partial charge >= 0.3 is 7.82 Å². The van der Waals surface area contributed by atoms with Gasteiger partial charge in [0, 0.05) is 18.4 Å². The van der Waals surface area contributed by atoms with Gasteiger partial charge in [-0.15, -0.1) is 5.10 Å². The van der Waals surface area contributed by atoms with E-state index in [-0.39, 0.29) is 33.0 Å². The number of phosphoric ester groups is 1. The van der Waals surface area contributed by atoms with Gasteiger partial charge in [0.15, 0.2) is 6.29 Å². The van der Waals surface area contributed by atoms with E-state index in [2.05, 4.69) is 15.6 Å². The second-order valence-electron chi connectivity index (χ2n) is 11.8. The number of fused-ring (bicyclic) bond motifs is 1. The number of hydrogen-bond acceptors (Lipinski definition) is 18. The van der Waals surface area contributed by atoms with Crippen LogP contribution >= 0.6 is 29.4 Å². The molecule has 4 saturated heterocycles. The fourth-order valence-electron chi connectivity index (χ4n) is 5.44. The van der Waals surface area contributed by atoms with E-state index in [9.17, 15) is 29.8 Å². The molecular weight excluding hydrogens is 686 g/mol. The Morgan fingerprint density at radius 3 is 2.70 bits per heavy atom. The van der Waals surface area contributed by atoms with Crippen LogP contribution in [0.1, 0.15) is 19.5 Å². The number of aliphatic hydroxyl groups excluding tert-OH is 3. The van der Waals surface area contributed by atoms with Crippen LogP contribution in [0.15, 0.2) is 6.20 Å². The zero-order chi connectivity index (χ0) is 33.8. The van der Waals surface area contributed by atoms with Crippen molar-refractivity contribution in [3.63, 3.8) is 0 Å². The van der Waals surface area contributed by atoms with Crippen molar-refractivity contribution in [1.29, 1.82) is 0 Å². The van der Waals surface area contributed by atoms with Crippen molar-refractivity contribution in [3.05, 3.63) is 11.9 Å². The number of aromatic nitrogens is 3. The Morgan fingerprint density at radius 1 is 1.19 bits per heavy atom. The molecule has 0 aliphatic carbocycles. The lowest BCUT2D eigenvalue weighted by atomic mass is 9.82. The molecule has 47 heavy (non-hydrogen) atoms. The van der Waals surface area contributed by atoms with Crippen LogP contribution in [0.25, 0.3) is 0 Å². The van der Waals surface area contributed by atoms with Gasteiger partial charge < -0.3 is 49.4 Å². The topological polar surface area (TPSA) is 232 Å². The van der Waals surface area contributed by atoms with E-state index in [1.807, 2.05) is 0 Å². The van der Waals surface area contributed by atoms with Crippen LogP contribution in [0, 0.1) is 0 Å². The van der Waals surface area contributed by atoms with Crippen LogP contribution in [-0.4, -0.2) is 160 Å². The smallest absolute Gasteiger partial charge is 0.394 e. The van der Waals surface area contributed by atoms with E-state index < -0.39 is 87.0 Å². The van der Waals surface area contributed by atoms with Gasteiger partial charge in [-0.1, -0.05) is 26.8 Å². The summed E-state index contributed by atoms with van der Waals surface area (Å²) in [6.45, 7) is 3.28. The van der Waals surface area contributed by atoms with Gasteiger partial charge in [0.1, 0.15) is 61.8 Å². The fraction of sp³-hybridized carbons (Fsp3) is 0.880. The molecule has 5 heterocycles. The standard InChI is InChI=1S/C25H42BN4O14PS2/c1-13(32)27-19-21(34)20(33)15(8-31)41-23(19)38-6-5-37-4-3-30-7-14(28-29-30)9-39-17-11-46-47-12-18(17)43-45(36)40-10-16-22(44-45)25(2,35)24(26)42-16/h7,15-24,31,33-35H,3-6,8-12,26H2,1-2H3,(H,27,32)/t15-,16-,17-,18-,19-,20+,21?,22-,23+,24-,25-,45-/m1/s1. The number of aliphatic hydroxyl groups is 4. The molecule has 18 nitrogen and oxygen atoms in total. The highest BCUT2D eigenvalue weighted by Gasteiger charge is 2.58. The van der Waals surface area contributed by atoms with Gasteiger partial charge in [-0.05, 0) is 6.92 Å². The zero-order valence-electron chi connectivity index (χ0n) is 26.2. The predicted octanol–water partition coefficient (Wildman–Crippen LogP) is -2.45. The number of phosphoric acid groups is 1. The molecule has 5 rings (SSSR count). The van der Waals surface area contributed by atoms with Crippen molar-refractivity contribution < 1.29 is 67.0 Å². The second kappa shape index (κ2) is 16.4. The number of hydrogen-bond donors (Lipinski definition) is 5. The highest BCUT2D eigenvalue weighted by molar-refractivity contribution is 8.76. The van der Waals surface area contributed by atoms with E-state index >= 15 is 0 Å². The molecule has 0 aromatic carbocycles. The summed E-state index contributed by atoms with van der Waals surface area (Å²) in [7, 11) is 0.902. The third kappa shape index (κ3) is 9.27. The lowest BCUT2D eigenvalue weighted by Gasteiger charge is -2.42. The van der Waals surface area contributed by atoms with Crippen molar-refractivity contribution in [1.82, 2.24) is 20.3 Å². The Morgan fingerprint density at radius 2 is 1.96 bits per heavy atom. The highest BCUT2D eigenvalue weighted by atomic mass is 33.1. The molecule has 0 radical (unpaired) electrons. The van der Waals surface area contributed by atoms with Crippen LogP contribution in [0.4, 0.5) is 0 Å². The minimum absolute atomic E-state index is 0.0173. The minimum Gasteiger partial charge on any atom is -0.394 e. The summed E-state index contributed by atoms with van der Waals surface area (Å²) in [4.78, 5) is 11.5. The number of nitrogens with one attached hydrogen (secondary N) is 1. The van der Waals surface area contributed by atoms with E-state index in [1.54, 1.807) is 47.2 Å². The van der Waals surface area contributed by atoms with Gasteiger partial charge in [-0.3, -0.25) is 18.4 Å². The molecule has 0 bridgehead atoms. The predicted molar refractivity (Wildman–Crippen MR) is 167 cm³/mol. The number of ether oxygens (including phenoxy) is 5. The number of carbonyl (C=O) groups excluding carboxylic acids is 1. The van der Waals surface area contributed by atoms with Crippen molar-refractivity contribution in [3.8, 4) is 0 Å². The van der Waals surface area contributed by atoms with Crippen LogP contribution < -0.4 is 5.32 Å². The first-order valence-electron chi connectivity index (χ1n) is 15.2. The fourth-order valence-corrected chi connectivity index (χ4v) is 9.64. The van der Waals surface area contributed by atoms with E-state index in [0.29, 0.717) is 23.7 Å². The molecule has 1 amide bonds. The maximum atomic E-state index is 13.4. The first-order chi connectivity index (χ1) is 22.4. The summed E-state index contributed by atoms with van der Waals surface area (Å²) >= 11 is 0. The second-order valence-corrected chi connectivity index (χ2v) is 15.9. The molecule has 1 aromatic rings. The Kier molecular flexibility index (Phi) is 13.1. The van der Waals surface area contributed by atoms with Crippen LogP contribution in [0.3, 0.4) is 0 Å². The Bertz CT molecular complexity index is 1240. The Hall–Kier alpha value is -0.875. The maximum Gasteiger partial charge on any atom is 0.475 e.